The van der Waals surface area contributed by atoms with E-state index in [1.165, 1.54) is 38.5 Å². The third kappa shape index (κ3) is 9.61. The molecule has 0 amide bonds. The van der Waals surface area contributed by atoms with Crippen LogP contribution in [0.2, 0.25) is 0 Å². The van der Waals surface area contributed by atoms with Crippen LogP contribution in [0.5, 0.6) is 0 Å². The molecule has 0 saturated heterocycles. The summed E-state index contributed by atoms with van der Waals surface area (Å²) in [7, 11) is 1.81. The van der Waals surface area contributed by atoms with Gasteiger partial charge in [0, 0.05) is 13.2 Å². The molecule has 2 nitrogen and oxygen atoms in total. The lowest BCUT2D eigenvalue weighted by Crippen LogP contribution is -2.29. The normalized spacial score (nSPS) is 13.9. The molecule has 104 valence electrons. The zero-order valence-corrected chi connectivity index (χ0v) is 12.6. The smallest absolute Gasteiger partial charge is 0.0622 e. The average molecular weight is 243 g/mol. The molecule has 1 N–H and O–H groups in total. The summed E-state index contributed by atoms with van der Waals surface area (Å²) in [5.74, 6) is 0. The Balaban J connectivity index is 3.66. The second-order valence-corrected chi connectivity index (χ2v) is 5.65. The molecule has 1 unspecified atom stereocenters. The van der Waals surface area contributed by atoms with Crippen LogP contribution < -0.4 is 5.32 Å². The van der Waals surface area contributed by atoms with Crippen molar-refractivity contribution in [2.75, 3.05) is 13.7 Å². The summed E-state index contributed by atoms with van der Waals surface area (Å²) < 4.78 is 5.44. The van der Waals surface area contributed by atoms with Gasteiger partial charge < -0.3 is 10.1 Å². The fourth-order valence-corrected chi connectivity index (χ4v) is 2.09. The van der Waals surface area contributed by atoms with Gasteiger partial charge >= 0.3 is 0 Å². The van der Waals surface area contributed by atoms with Crippen LogP contribution in [-0.2, 0) is 4.74 Å². The van der Waals surface area contributed by atoms with Crippen molar-refractivity contribution in [2.24, 2.45) is 0 Å². The van der Waals surface area contributed by atoms with Crippen LogP contribution in [0.3, 0.4) is 0 Å². The highest BCUT2D eigenvalue weighted by molar-refractivity contribution is 4.70. The van der Waals surface area contributed by atoms with Crippen LogP contribution in [-0.4, -0.2) is 25.3 Å². The standard InChI is InChI=1S/C15H33NO/c1-6-10-14(16-13-7-2)11-8-9-12-15(3,4)17-5/h14,16H,6-13H2,1-5H3. The van der Waals surface area contributed by atoms with E-state index in [1.807, 2.05) is 7.11 Å². The topological polar surface area (TPSA) is 21.3 Å². The number of hydrogen-bond acceptors (Lipinski definition) is 2. The SMILES string of the molecule is CCCNC(CCC)CCCCC(C)(C)OC. The van der Waals surface area contributed by atoms with Crippen molar-refractivity contribution in [1.82, 2.24) is 5.32 Å². The molecule has 0 bridgehead atoms. The number of methoxy groups -OCH3 is 1. The van der Waals surface area contributed by atoms with Crippen molar-refractivity contribution in [1.29, 1.82) is 0 Å². The monoisotopic (exact) mass is 243 g/mol. The minimum Gasteiger partial charge on any atom is -0.379 e. The molecular weight excluding hydrogens is 210 g/mol. The van der Waals surface area contributed by atoms with Crippen molar-refractivity contribution < 1.29 is 4.74 Å². The van der Waals surface area contributed by atoms with E-state index in [-0.39, 0.29) is 5.60 Å². The second kappa shape index (κ2) is 9.90. The summed E-state index contributed by atoms with van der Waals surface area (Å²) in [5.41, 5.74) is 0.0527. The number of nitrogens with one attached hydrogen (secondary N) is 1. The van der Waals surface area contributed by atoms with E-state index >= 15 is 0 Å². The molecule has 0 fully saturated rings. The lowest BCUT2D eigenvalue weighted by atomic mass is 9.97. The van der Waals surface area contributed by atoms with Crippen molar-refractivity contribution >= 4 is 0 Å². The quantitative estimate of drug-likeness (QED) is 0.551. The van der Waals surface area contributed by atoms with Gasteiger partial charge in [-0.2, -0.15) is 0 Å². The Hall–Kier alpha value is -0.0800. The van der Waals surface area contributed by atoms with Gasteiger partial charge in [-0.3, -0.25) is 0 Å². The van der Waals surface area contributed by atoms with Crippen LogP contribution in [0, 0.1) is 0 Å². The molecule has 0 saturated carbocycles. The molecule has 1 atom stereocenters. The maximum atomic E-state index is 5.44. The molecule has 0 aromatic carbocycles. The highest BCUT2D eigenvalue weighted by atomic mass is 16.5. The van der Waals surface area contributed by atoms with Gasteiger partial charge in [0.2, 0.25) is 0 Å². The Morgan fingerprint density at radius 3 is 2.29 bits per heavy atom. The van der Waals surface area contributed by atoms with Crippen molar-refractivity contribution in [2.45, 2.75) is 84.3 Å². The third-order valence-corrected chi connectivity index (χ3v) is 3.45. The van der Waals surface area contributed by atoms with Gasteiger partial charge in [0.25, 0.3) is 0 Å². The molecule has 17 heavy (non-hydrogen) atoms. The van der Waals surface area contributed by atoms with Crippen LogP contribution in [0.15, 0.2) is 0 Å². The van der Waals surface area contributed by atoms with Gasteiger partial charge in [0.15, 0.2) is 0 Å². The first-order valence-electron chi connectivity index (χ1n) is 7.34. The molecule has 0 aromatic rings. The minimum atomic E-state index is 0.0527. The summed E-state index contributed by atoms with van der Waals surface area (Å²) in [6.07, 6.45) is 8.89. The average Bonchev–Trinajstić information content (AvgIpc) is 2.31. The molecule has 0 spiro atoms. The number of unbranched alkanes of at least 4 members (excludes halogenated alkanes) is 1. The van der Waals surface area contributed by atoms with E-state index in [2.05, 4.69) is 33.0 Å². The van der Waals surface area contributed by atoms with Crippen LogP contribution in [0.4, 0.5) is 0 Å². The van der Waals surface area contributed by atoms with E-state index in [9.17, 15) is 0 Å². The Labute approximate surface area is 109 Å². The lowest BCUT2D eigenvalue weighted by molar-refractivity contribution is 0.0132. The molecular formula is C15H33NO. The van der Waals surface area contributed by atoms with Crippen LogP contribution in [0.1, 0.15) is 72.6 Å². The largest absolute Gasteiger partial charge is 0.379 e. The van der Waals surface area contributed by atoms with Gasteiger partial charge in [-0.1, -0.05) is 33.1 Å². The summed E-state index contributed by atoms with van der Waals surface area (Å²) in [6, 6.07) is 0.727. The maximum absolute atomic E-state index is 5.44. The molecule has 0 rings (SSSR count). The molecule has 2 heteroatoms. The minimum absolute atomic E-state index is 0.0527. The Morgan fingerprint density at radius 1 is 1.06 bits per heavy atom. The molecule has 0 aromatic heterocycles. The van der Waals surface area contributed by atoms with Gasteiger partial charge in [-0.15, -0.1) is 0 Å². The maximum Gasteiger partial charge on any atom is 0.0622 e. The predicted molar refractivity (Wildman–Crippen MR) is 76.5 cm³/mol. The van der Waals surface area contributed by atoms with E-state index in [0.29, 0.717) is 0 Å². The van der Waals surface area contributed by atoms with Crippen molar-refractivity contribution in [3.63, 3.8) is 0 Å². The Kier molecular flexibility index (Phi) is 9.85. The Morgan fingerprint density at radius 2 is 1.76 bits per heavy atom. The summed E-state index contributed by atoms with van der Waals surface area (Å²) in [6.45, 7) is 10.0. The summed E-state index contributed by atoms with van der Waals surface area (Å²) in [5, 5.41) is 3.65. The van der Waals surface area contributed by atoms with E-state index < -0.39 is 0 Å². The Bertz CT molecular complexity index is 168. The third-order valence-electron chi connectivity index (χ3n) is 3.45. The molecule has 0 aliphatic heterocycles. The number of ether oxygens (including phenoxy) is 1. The first kappa shape index (κ1) is 16.9. The fourth-order valence-electron chi connectivity index (χ4n) is 2.09. The summed E-state index contributed by atoms with van der Waals surface area (Å²) in [4.78, 5) is 0. The first-order chi connectivity index (χ1) is 8.05. The molecule has 0 radical (unpaired) electrons. The highest BCUT2D eigenvalue weighted by Gasteiger charge is 2.15. The van der Waals surface area contributed by atoms with Crippen molar-refractivity contribution in [3.05, 3.63) is 0 Å². The summed E-state index contributed by atoms with van der Waals surface area (Å²) >= 11 is 0. The predicted octanol–water partition coefficient (Wildman–Crippen LogP) is 4.14. The first-order valence-corrected chi connectivity index (χ1v) is 7.34. The van der Waals surface area contributed by atoms with Gasteiger partial charge in [-0.25, -0.2) is 0 Å². The van der Waals surface area contributed by atoms with E-state index in [4.69, 9.17) is 4.74 Å². The zero-order chi connectivity index (χ0) is 13.1. The second-order valence-electron chi connectivity index (χ2n) is 5.65. The van der Waals surface area contributed by atoms with Gasteiger partial charge in [0.1, 0.15) is 0 Å². The number of hydrogen-bond donors (Lipinski definition) is 1. The van der Waals surface area contributed by atoms with Crippen LogP contribution in [0.25, 0.3) is 0 Å². The highest BCUT2D eigenvalue weighted by Crippen LogP contribution is 2.18. The fraction of sp³-hybridized carbons (Fsp3) is 1.00. The molecule has 0 heterocycles. The van der Waals surface area contributed by atoms with Gasteiger partial charge in [-0.05, 0) is 46.1 Å². The molecule has 0 aliphatic carbocycles. The number of rotatable bonds is 11. The van der Waals surface area contributed by atoms with Crippen molar-refractivity contribution in [3.8, 4) is 0 Å². The lowest BCUT2D eigenvalue weighted by Gasteiger charge is -2.23. The van der Waals surface area contributed by atoms with Gasteiger partial charge in [0.05, 0.1) is 5.60 Å². The van der Waals surface area contributed by atoms with E-state index in [0.717, 1.165) is 19.0 Å². The van der Waals surface area contributed by atoms with E-state index in [1.54, 1.807) is 0 Å². The molecule has 0 aliphatic rings. The zero-order valence-electron chi connectivity index (χ0n) is 12.6. The van der Waals surface area contributed by atoms with Crippen LogP contribution >= 0.6 is 0 Å².